The SMILES string of the molecule is CCCCOc1c(Cl)cccc1CBr. The Balaban J connectivity index is 2.72. The minimum atomic E-state index is 0.693. The second kappa shape index (κ2) is 6.31. The van der Waals surface area contributed by atoms with Gasteiger partial charge in [0.05, 0.1) is 11.6 Å². The van der Waals surface area contributed by atoms with Crippen LogP contribution in [0, 0.1) is 0 Å². The van der Waals surface area contributed by atoms with Crippen molar-refractivity contribution in [2.24, 2.45) is 0 Å². The maximum absolute atomic E-state index is 6.04. The molecule has 1 aromatic carbocycles. The highest BCUT2D eigenvalue weighted by Crippen LogP contribution is 2.30. The molecule has 14 heavy (non-hydrogen) atoms. The highest BCUT2D eigenvalue weighted by Gasteiger charge is 2.06. The maximum atomic E-state index is 6.04. The molecular weight excluding hydrogens is 263 g/mol. The smallest absolute Gasteiger partial charge is 0.141 e. The van der Waals surface area contributed by atoms with Crippen LogP contribution >= 0.6 is 27.5 Å². The monoisotopic (exact) mass is 276 g/mol. The lowest BCUT2D eigenvalue weighted by Gasteiger charge is -2.10. The third-order valence-corrected chi connectivity index (χ3v) is 2.84. The Hall–Kier alpha value is -0.210. The van der Waals surface area contributed by atoms with E-state index in [4.69, 9.17) is 16.3 Å². The molecule has 0 amide bonds. The minimum Gasteiger partial charge on any atom is -0.492 e. The summed E-state index contributed by atoms with van der Waals surface area (Å²) in [5.74, 6) is 0.819. The van der Waals surface area contributed by atoms with Crippen molar-refractivity contribution >= 4 is 27.5 Å². The van der Waals surface area contributed by atoms with Gasteiger partial charge in [0, 0.05) is 10.9 Å². The van der Waals surface area contributed by atoms with E-state index in [-0.39, 0.29) is 0 Å². The van der Waals surface area contributed by atoms with E-state index in [1.54, 1.807) is 0 Å². The molecule has 0 atom stereocenters. The summed E-state index contributed by atoms with van der Waals surface area (Å²) in [7, 11) is 0. The van der Waals surface area contributed by atoms with Gasteiger partial charge in [0.1, 0.15) is 5.75 Å². The van der Waals surface area contributed by atoms with E-state index in [0.29, 0.717) is 5.02 Å². The molecule has 1 rings (SSSR count). The fourth-order valence-corrected chi connectivity index (χ4v) is 1.83. The van der Waals surface area contributed by atoms with Gasteiger partial charge in [0.25, 0.3) is 0 Å². The summed E-state index contributed by atoms with van der Waals surface area (Å²) < 4.78 is 5.64. The molecule has 0 saturated carbocycles. The van der Waals surface area contributed by atoms with Crippen LogP contribution in [0.5, 0.6) is 5.75 Å². The summed E-state index contributed by atoms with van der Waals surface area (Å²) in [6.07, 6.45) is 2.20. The first-order valence-corrected chi connectivity index (χ1v) is 6.25. The maximum Gasteiger partial charge on any atom is 0.141 e. The Morgan fingerprint density at radius 3 is 2.86 bits per heavy atom. The molecule has 0 fully saturated rings. The molecule has 0 saturated heterocycles. The first kappa shape index (κ1) is 11.9. The van der Waals surface area contributed by atoms with E-state index < -0.39 is 0 Å². The van der Waals surface area contributed by atoms with Crippen molar-refractivity contribution in [3.8, 4) is 5.75 Å². The van der Waals surface area contributed by atoms with Crippen molar-refractivity contribution in [3.05, 3.63) is 28.8 Å². The average molecular weight is 278 g/mol. The summed E-state index contributed by atoms with van der Waals surface area (Å²) >= 11 is 9.45. The largest absolute Gasteiger partial charge is 0.492 e. The highest BCUT2D eigenvalue weighted by atomic mass is 79.9. The van der Waals surface area contributed by atoms with Gasteiger partial charge in [-0.05, 0) is 12.5 Å². The molecule has 1 aromatic rings. The number of benzene rings is 1. The minimum absolute atomic E-state index is 0.693. The Labute approximate surface area is 98.5 Å². The van der Waals surface area contributed by atoms with E-state index >= 15 is 0 Å². The second-order valence-electron chi connectivity index (χ2n) is 3.06. The molecule has 0 bridgehead atoms. The van der Waals surface area contributed by atoms with Crippen LogP contribution in [-0.2, 0) is 5.33 Å². The van der Waals surface area contributed by atoms with Crippen LogP contribution in [-0.4, -0.2) is 6.61 Å². The molecule has 0 aromatic heterocycles. The van der Waals surface area contributed by atoms with E-state index in [1.807, 2.05) is 18.2 Å². The second-order valence-corrected chi connectivity index (χ2v) is 4.03. The molecular formula is C11H14BrClO. The molecule has 0 radical (unpaired) electrons. The van der Waals surface area contributed by atoms with Gasteiger partial charge in [0.2, 0.25) is 0 Å². The normalized spacial score (nSPS) is 10.2. The molecule has 0 heterocycles. The van der Waals surface area contributed by atoms with Gasteiger partial charge in [-0.3, -0.25) is 0 Å². The molecule has 0 aliphatic heterocycles. The van der Waals surface area contributed by atoms with E-state index in [0.717, 1.165) is 36.1 Å². The number of halogens is 2. The number of para-hydroxylation sites is 1. The summed E-state index contributed by atoms with van der Waals surface area (Å²) in [6.45, 7) is 2.88. The summed E-state index contributed by atoms with van der Waals surface area (Å²) in [5.41, 5.74) is 1.11. The summed E-state index contributed by atoms with van der Waals surface area (Å²) in [5, 5.41) is 1.47. The van der Waals surface area contributed by atoms with Gasteiger partial charge >= 0.3 is 0 Å². The van der Waals surface area contributed by atoms with Crippen molar-refractivity contribution in [1.82, 2.24) is 0 Å². The van der Waals surface area contributed by atoms with Gasteiger partial charge in [-0.2, -0.15) is 0 Å². The van der Waals surface area contributed by atoms with Crippen LogP contribution in [0.3, 0.4) is 0 Å². The van der Waals surface area contributed by atoms with E-state index in [2.05, 4.69) is 22.9 Å². The molecule has 0 aliphatic rings. The van der Waals surface area contributed by atoms with Crippen LogP contribution in [0.2, 0.25) is 5.02 Å². The van der Waals surface area contributed by atoms with Gasteiger partial charge in [-0.1, -0.05) is 53.0 Å². The van der Waals surface area contributed by atoms with E-state index in [9.17, 15) is 0 Å². The van der Waals surface area contributed by atoms with Gasteiger partial charge in [-0.25, -0.2) is 0 Å². The number of rotatable bonds is 5. The number of ether oxygens (including phenoxy) is 1. The number of hydrogen-bond acceptors (Lipinski definition) is 1. The molecule has 0 unspecified atom stereocenters. The van der Waals surface area contributed by atoms with Crippen molar-refractivity contribution < 1.29 is 4.74 Å². The fourth-order valence-electron chi connectivity index (χ4n) is 1.14. The highest BCUT2D eigenvalue weighted by molar-refractivity contribution is 9.08. The van der Waals surface area contributed by atoms with Gasteiger partial charge in [0.15, 0.2) is 0 Å². The zero-order valence-electron chi connectivity index (χ0n) is 8.22. The Morgan fingerprint density at radius 2 is 2.21 bits per heavy atom. The molecule has 0 N–H and O–H groups in total. The lowest BCUT2D eigenvalue weighted by molar-refractivity contribution is 0.307. The predicted molar refractivity (Wildman–Crippen MR) is 64.5 cm³/mol. The molecule has 0 spiro atoms. The van der Waals surface area contributed by atoms with E-state index in [1.165, 1.54) is 0 Å². The van der Waals surface area contributed by atoms with Crippen molar-refractivity contribution in [2.45, 2.75) is 25.1 Å². The van der Waals surface area contributed by atoms with Crippen LogP contribution < -0.4 is 4.74 Å². The first-order chi connectivity index (χ1) is 6.79. The van der Waals surface area contributed by atoms with Crippen molar-refractivity contribution in [3.63, 3.8) is 0 Å². The molecule has 1 nitrogen and oxygen atoms in total. The zero-order valence-corrected chi connectivity index (χ0v) is 10.6. The Kier molecular flexibility index (Phi) is 5.34. The lowest BCUT2D eigenvalue weighted by Crippen LogP contribution is -1.99. The Morgan fingerprint density at radius 1 is 1.43 bits per heavy atom. The molecule has 0 aliphatic carbocycles. The lowest BCUT2D eigenvalue weighted by atomic mass is 10.2. The Bertz CT molecular complexity index is 289. The third kappa shape index (κ3) is 3.18. The van der Waals surface area contributed by atoms with Crippen LogP contribution in [0.1, 0.15) is 25.3 Å². The summed E-state index contributed by atoms with van der Waals surface area (Å²) in [6, 6.07) is 5.81. The number of alkyl halides is 1. The van der Waals surface area contributed by atoms with Crippen molar-refractivity contribution in [2.75, 3.05) is 6.61 Å². The van der Waals surface area contributed by atoms with Gasteiger partial charge < -0.3 is 4.74 Å². The number of unbranched alkanes of at least 4 members (excludes halogenated alkanes) is 1. The molecule has 3 heteroatoms. The first-order valence-electron chi connectivity index (χ1n) is 4.75. The third-order valence-electron chi connectivity index (χ3n) is 1.94. The average Bonchev–Trinajstić information content (AvgIpc) is 2.20. The summed E-state index contributed by atoms with van der Waals surface area (Å²) in [4.78, 5) is 0. The topological polar surface area (TPSA) is 9.23 Å². The quantitative estimate of drug-likeness (QED) is 0.572. The van der Waals surface area contributed by atoms with Crippen LogP contribution in [0.15, 0.2) is 18.2 Å². The van der Waals surface area contributed by atoms with Crippen LogP contribution in [0.4, 0.5) is 0 Å². The molecule has 78 valence electrons. The number of hydrogen-bond donors (Lipinski definition) is 0. The fraction of sp³-hybridized carbons (Fsp3) is 0.455. The zero-order chi connectivity index (χ0) is 10.4. The van der Waals surface area contributed by atoms with Gasteiger partial charge in [-0.15, -0.1) is 0 Å². The van der Waals surface area contributed by atoms with Crippen LogP contribution in [0.25, 0.3) is 0 Å². The van der Waals surface area contributed by atoms with Crippen molar-refractivity contribution in [1.29, 1.82) is 0 Å². The predicted octanol–water partition coefficient (Wildman–Crippen LogP) is 4.41. The standard InChI is InChI=1S/C11H14BrClO/c1-2-3-7-14-11-9(8-12)5-4-6-10(11)13/h4-6H,2-3,7-8H2,1H3.